The van der Waals surface area contributed by atoms with E-state index < -0.39 is 12.1 Å². The van der Waals surface area contributed by atoms with Crippen molar-refractivity contribution in [3.8, 4) is 17.2 Å². The van der Waals surface area contributed by atoms with Crippen LogP contribution in [0.4, 0.5) is 5.69 Å². The first kappa shape index (κ1) is 19.6. The van der Waals surface area contributed by atoms with Gasteiger partial charge in [-0.25, -0.2) is 0 Å². The van der Waals surface area contributed by atoms with E-state index in [1.807, 2.05) is 43.3 Å². The molecule has 1 aliphatic rings. The van der Waals surface area contributed by atoms with Crippen molar-refractivity contribution in [1.29, 1.82) is 0 Å². The van der Waals surface area contributed by atoms with Crippen LogP contribution in [0.3, 0.4) is 0 Å². The molecule has 0 saturated carbocycles. The molecular formula is C22H21N3O5. The number of rotatable bonds is 6. The highest BCUT2D eigenvalue weighted by molar-refractivity contribution is 5.98. The molecular weight excluding hydrogens is 386 g/mol. The molecule has 30 heavy (non-hydrogen) atoms. The van der Waals surface area contributed by atoms with Gasteiger partial charge >= 0.3 is 5.97 Å². The molecule has 0 N–H and O–H groups in total. The molecule has 0 bridgehead atoms. The van der Waals surface area contributed by atoms with Gasteiger partial charge in [-0.05, 0) is 38.1 Å². The molecule has 0 fully saturated rings. The van der Waals surface area contributed by atoms with E-state index in [9.17, 15) is 9.59 Å². The topological polar surface area (TPSA) is 94.8 Å². The Morgan fingerprint density at radius 1 is 1.17 bits per heavy atom. The van der Waals surface area contributed by atoms with Crippen molar-refractivity contribution < 1.29 is 23.5 Å². The Balaban J connectivity index is 1.36. The minimum Gasteiger partial charge on any atom is -0.482 e. The number of carbonyl (C=O) groups is 2. The van der Waals surface area contributed by atoms with E-state index in [0.29, 0.717) is 17.3 Å². The van der Waals surface area contributed by atoms with Gasteiger partial charge in [0.2, 0.25) is 5.89 Å². The number of hydrogen-bond donors (Lipinski definition) is 0. The minimum atomic E-state index is -0.697. The second-order valence-electron chi connectivity index (χ2n) is 7.00. The van der Waals surface area contributed by atoms with E-state index in [4.69, 9.17) is 13.9 Å². The molecule has 1 aromatic heterocycles. The highest BCUT2D eigenvalue weighted by atomic mass is 16.6. The van der Waals surface area contributed by atoms with Crippen LogP contribution in [-0.4, -0.2) is 35.2 Å². The number of para-hydroxylation sites is 2. The fourth-order valence-corrected chi connectivity index (χ4v) is 3.12. The maximum Gasteiger partial charge on any atom is 0.308 e. The van der Waals surface area contributed by atoms with Crippen LogP contribution in [0, 0.1) is 6.92 Å². The Hall–Kier alpha value is -3.68. The third-order valence-electron chi connectivity index (χ3n) is 4.74. The number of ether oxygens (including phenoxy) is 2. The monoisotopic (exact) mass is 407 g/mol. The maximum absolute atomic E-state index is 12.3. The lowest BCUT2D eigenvalue weighted by Crippen LogP contribution is -2.40. The van der Waals surface area contributed by atoms with Gasteiger partial charge in [0, 0.05) is 12.1 Å². The van der Waals surface area contributed by atoms with Crippen molar-refractivity contribution in [2.24, 2.45) is 0 Å². The predicted molar refractivity (Wildman–Crippen MR) is 108 cm³/mol. The summed E-state index contributed by atoms with van der Waals surface area (Å²) < 4.78 is 16.5. The zero-order valence-electron chi connectivity index (χ0n) is 16.7. The van der Waals surface area contributed by atoms with Crippen molar-refractivity contribution in [2.75, 3.05) is 18.1 Å². The number of anilines is 1. The highest BCUT2D eigenvalue weighted by Gasteiger charge is 2.26. The van der Waals surface area contributed by atoms with Crippen LogP contribution in [0.25, 0.3) is 11.5 Å². The summed E-state index contributed by atoms with van der Waals surface area (Å²) in [5.41, 5.74) is 2.57. The lowest BCUT2D eigenvalue weighted by Gasteiger charge is -2.29. The summed E-state index contributed by atoms with van der Waals surface area (Å²) in [4.78, 5) is 26.0. The second kappa shape index (κ2) is 8.36. The van der Waals surface area contributed by atoms with Gasteiger partial charge in [0.15, 0.2) is 12.7 Å². The fourth-order valence-electron chi connectivity index (χ4n) is 3.12. The first-order valence-electron chi connectivity index (χ1n) is 9.63. The van der Waals surface area contributed by atoms with Crippen molar-refractivity contribution in [3.05, 3.63) is 60.0 Å². The molecule has 0 saturated heterocycles. The average Bonchev–Trinajstić information content (AvgIpc) is 3.24. The lowest BCUT2D eigenvalue weighted by atomic mass is 10.1. The first-order valence-corrected chi connectivity index (χ1v) is 9.63. The Labute approximate surface area is 173 Å². The number of hydrogen-bond acceptors (Lipinski definition) is 7. The van der Waals surface area contributed by atoms with Crippen molar-refractivity contribution in [1.82, 2.24) is 10.2 Å². The van der Waals surface area contributed by atoms with Gasteiger partial charge in [0.05, 0.1) is 12.1 Å². The van der Waals surface area contributed by atoms with Gasteiger partial charge < -0.3 is 18.8 Å². The second-order valence-corrected chi connectivity index (χ2v) is 7.00. The number of aromatic nitrogens is 2. The predicted octanol–water partition coefficient (Wildman–Crippen LogP) is 3.46. The quantitative estimate of drug-likeness (QED) is 0.578. The molecule has 4 rings (SSSR count). The van der Waals surface area contributed by atoms with Crippen LogP contribution in [0.15, 0.2) is 52.9 Å². The van der Waals surface area contributed by atoms with Crippen LogP contribution >= 0.6 is 0 Å². The van der Waals surface area contributed by atoms with Crippen molar-refractivity contribution in [2.45, 2.75) is 26.4 Å². The molecule has 2 heterocycles. The molecule has 0 radical (unpaired) electrons. The van der Waals surface area contributed by atoms with Crippen LogP contribution < -0.4 is 9.64 Å². The van der Waals surface area contributed by atoms with E-state index >= 15 is 0 Å². The summed E-state index contributed by atoms with van der Waals surface area (Å²) in [5.74, 6) is 0.534. The Kier molecular flexibility index (Phi) is 5.47. The van der Waals surface area contributed by atoms with Gasteiger partial charge in [-0.1, -0.05) is 29.8 Å². The molecule has 154 valence electrons. The largest absolute Gasteiger partial charge is 0.482 e. The SMILES string of the molecule is Cc1ccc(-c2nnc([C@@H](C)OC(=O)CCN3C(=O)COc4ccccc43)o2)cc1. The number of aryl methyl sites for hydroxylation is 1. The van der Waals surface area contributed by atoms with Crippen LogP contribution in [0.1, 0.15) is 30.9 Å². The number of benzene rings is 2. The van der Waals surface area contributed by atoms with Gasteiger partial charge in [-0.2, -0.15) is 0 Å². The van der Waals surface area contributed by atoms with Gasteiger partial charge in [-0.15, -0.1) is 10.2 Å². The zero-order chi connectivity index (χ0) is 21.1. The van der Waals surface area contributed by atoms with Gasteiger partial charge in [0.1, 0.15) is 5.75 Å². The molecule has 0 spiro atoms. The number of nitrogens with zero attached hydrogens (tertiary/aromatic N) is 3. The molecule has 0 aliphatic carbocycles. The van der Waals surface area contributed by atoms with E-state index in [-0.39, 0.29) is 31.4 Å². The average molecular weight is 407 g/mol. The molecule has 1 atom stereocenters. The van der Waals surface area contributed by atoms with E-state index in [1.165, 1.54) is 4.90 Å². The maximum atomic E-state index is 12.3. The minimum absolute atomic E-state index is 0.0311. The van der Waals surface area contributed by atoms with Crippen LogP contribution in [0.5, 0.6) is 5.75 Å². The van der Waals surface area contributed by atoms with E-state index in [1.54, 1.807) is 19.1 Å². The summed E-state index contributed by atoms with van der Waals surface area (Å²) in [6.45, 7) is 3.81. The molecule has 8 heteroatoms. The number of esters is 1. The standard InChI is InChI=1S/C22H21N3O5/c1-14-7-9-16(10-8-14)22-24-23-21(30-22)15(2)29-20(27)11-12-25-17-5-3-4-6-18(17)28-13-19(25)26/h3-10,15H,11-13H2,1-2H3/t15-/m1/s1. The highest BCUT2D eigenvalue weighted by Crippen LogP contribution is 2.31. The van der Waals surface area contributed by atoms with Crippen molar-refractivity contribution in [3.63, 3.8) is 0 Å². The summed E-state index contributed by atoms with van der Waals surface area (Å²) in [6.07, 6.45) is -0.666. The number of fused-ring (bicyclic) bond motifs is 1. The third-order valence-corrected chi connectivity index (χ3v) is 4.74. The lowest BCUT2D eigenvalue weighted by molar-refractivity contribution is -0.149. The Morgan fingerprint density at radius 3 is 2.73 bits per heavy atom. The van der Waals surface area contributed by atoms with Crippen LogP contribution in [0.2, 0.25) is 0 Å². The summed E-state index contributed by atoms with van der Waals surface area (Å²) >= 11 is 0. The Bertz CT molecular complexity index is 1060. The number of amides is 1. The summed E-state index contributed by atoms with van der Waals surface area (Å²) in [6, 6.07) is 14.9. The molecule has 1 aliphatic heterocycles. The zero-order valence-corrected chi connectivity index (χ0v) is 16.7. The normalized spacial score (nSPS) is 14.1. The molecule has 1 amide bonds. The van der Waals surface area contributed by atoms with Crippen molar-refractivity contribution >= 4 is 17.6 Å². The first-order chi connectivity index (χ1) is 14.5. The van der Waals surface area contributed by atoms with Gasteiger partial charge in [-0.3, -0.25) is 9.59 Å². The molecule has 2 aromatic carbocycles. The van der Waals surface area contributed by atoms with Gasteiger partial charge in [0.25, 0.3) is 11.8 Å². The smallest absolute Gasteiger partial charge is 0.308 e. The fraction of sp³-hybridized carbons (Fsp3) is 0.273. The molecule has 8 nitrogen and oxygen atoms in total. The summed E-state index contributed by atoms with van der Waals surface area (Å²) in [7, 11) is 0. The van der Waals surface area contributed by atoms with E-state index in [0.717, 1.165) is 11.1 Å². The molecule has 0 unspecified atom stereocenters. The molecule has 3 aromatic rings. The number of carbonyl (C=O) groups excluding carboxylic acids is 2. The Morgan fingerprint density at radius 2 is 1.93 bits per heavy atom. The third kappa shape index (κ3) is 4.17. The van der Waals surface area contributed by atoms with Crippen LogP contribution in [-0.2, 0) is 14.3 Å². The summed E-state index contributed by atoms with van der Waals surface area (Å²) in [5, 5.41) is 8.01. The van der Waals surface area contributed by atoms with E-state index in [2.05, 4.69) is 10.2 Å².